The molecule has 20 heavy (non-hydrogen) atoms. The van der Waals surface area contributed by atoms with Crippen molar-refractivity contribution >= 4 is 27.8 Å². The van der Waals surface area contributed by atoms with Crippen molar-refractivity contribution in [1.29, 1.82) is 0 Å². The average Bonchev–Trinajstić information content (AvgIpc) is 2.89. The molecule has 1 aromatic rings. The van der Waals surface area contributed by atoms with E-state index in [2.05, 4.69) is 15.9 Å². The predicted octanol–water partition coefficient (Wildman–Crippen LogP) is 2.91. The third-order valence-electron chi connectivity index (χ3n) is 3.89. The van der Waals surface area contributed by atoms with E-state index in [1.807, 2.05) is 24.3 Å². The van der Waals surface area contributed by atoms with Crippen LogP contribution < -0.4 is 0 Å². The molecular formula is C15H18BrNO3. The van der Waals surface area contributed by atoms with E-state index in [1.165, 1.54) is 0 Å². The van der Waals surface area contributed by atoms with Gasteiger partial charge in [-0.25, -0.2) is 0 Å². The Morgan fingerprint density at radius 3 is 2.60 bits per heavy atom. The zero-order chi connectivity index (χ0) is 14.7. The van der Waals surface area contributed by atoms with Crippen LogP contribution in [0.5, 0.6) is 0 Å². The van der Waals surface area contributed by atoms with E-state index in [-0.39, 0.29) is 11.8 Å². The molecule has 108 valence electrons. The summed E-state index contributed by atoms with van der Waals surface area (Å²) >= 11 is 3.46. The van der Waals surface area contributed by atoms with Gasteiger partial charge in [0.05, 0.1) is 11.8 Å². The van der Waals surface area contributed by atoms with Gasteiger partial charge in [-0.3, -0.25) is 9.59 Å². The van der Waals surface area contributed by atoms with Crippen LogP contribution in [0.3, 0.4) is 0 Å². The van der Waals surface area contributed by atoms with Crippen LogP contribution in [-0.2, 0) is 16.1 Å². The smallest absolute Gasteiger partial charge is 0.307 e. The van der Waals surface area contributed by atoms with Gasteiger partial charge in [-0.15, -0.1) is 0 Å². The summed E-state index contributed by atoms with van der Waals surface area (Å²) in [5.74, 6) is -1.81. The molecule has 4 nitrogen and oxygen atoms in total. The maximum absolute atomic E-state index is 12.4. The van der Waals surface area contributed by atoms with Gasteiger partial charge in [-0.05, 0) is 24.5 Å². The summed E-state index contributed by atoms with van der Waals surface area (Å²) in [6, 6.07) is 7.74. The topological polar surface area (TPSA) is 57.6 Å². The Bertz CT molecular complexity index is 518. The Kier molecular flexibility index (Phi) is 4.81. The van der Waals surface area contributed by atoms with Gasteiger partial charge in [0.2, 0.25) is 5.91 Å². The summed E-state index contributed by atoms with van der Waals surface area (Å²) in [7, 11) is 1.74. The second kappa shape index (κ2) is 6.39. The van der Waals surface area contributed by atoms with Crippen LogP contribution in [0.25, 0.3) is 0 Å². The number of aliphatic carboxylic acids is 1. The predicted molar refractivity (Wildman–Crippen MR) is 79.1 cm³/mol. The number of halogens is 1. The summed E-state index contributed by atoms with van der Waals surface area (Å²) in [6.07, 6.45) is 2.10. The lowest BCUT2D eigenvalue weighted by molar-refractivity contribution is -0.148. The van der Waals surface area contributed by atoms with E-state index in [0.29, 0.717) is 19.4 Å². The van der Waals surface area contributed by atoms with E-state index in [0.717, 1.165) is 16.5 Å². The minimum Gasteiger partial charge on any atom is -0.481 e. The van der Waals surface area contributed by atoms with Crippen molar-refractivity contribution in [2.45, 2.75) is 25.8 Å². The van der Waals surface area contributed by atoms with Crippen LogP contribution in [0.15, 0.2) is 28.7 Å². The lowest BCUT2D eigenvalue weighted by Gasteiger charge is -2.24. The lowest BCUT2D eigenvalue weighted by atomic mass is 9.95. The van der Waals surface area contributed by atoms with E-state index in [4.69, 9.17) is 5.11 Å². The fourth-order valence-electron chi connectivity index (χ4n) is 2.79. The number of carboxylic acids is 1. The molecule has 0 spiro atoms. The molecule has 0 aliphatic heterocycles. The molecule has 0 aromatic heterocycles. The third kappa shape index (κ3) is 3.20. The van der Waals surface area contributed by atoms with Crippen LogP contribution >= 0.6 is 15.9 Å². The normalized spacial score (nSPS) is 21.7. The lowest BCUT2D eigenvalue weighted by Crippen LogP contribution is -2.36. The van der Waals surface area contributed by atoms with Crippen LogP contribution in [0.1, 0.15) is 24.8 Å². The van der Waals surface area contributed by atoms with E-state index >= 15 is 0 Å². The number of amides is 1. The molecule has 2 unspecified atom stereocenters. The van der Waals surface area contributed by atoms with Crippen LogP contribution in [0.4, 0.5) is 0 Å². The monoisotopic (exact) mass is 339 g/mol. The van der Waals surface area contributed by atoms with Gasteiger partial charge in [0.25, 0.3) is 0 Å². The van der Waals surface area contributed by atoms with E-state index < -0.39 is 11.9 Å². The Hall–Kier alpha value is -1.36. The second-order valence-corrected chi connectivity index (χ2v) is 6.12. The first-order valence-electron chi connectivity index (χ1n) is 6.72. The molecule has 1 saturated carbocycles. The van der Waals surface area contributed by atoms with Gasteiger partial charge in [0.1, 0.15) is 0 Å². The number of hydrogen-bond acceptors (Lipinski definition) is 2. The highest BCUT2D eigenvalue weighted by Gasteiger charge is 2.38. The highest BCUT2D eigenvalue weighted by atomic mass is 79.9. The summed E-state index contributed by atoms with van der Waals surface area (Å²) < 4.78 is 0.959. The Morgan fingerprint density at radius 1 is 1.30 bits per heavy atom. The van der Waals surface area contributed by atoms with Crippen LogP contribution in [0.2, 0.25) is 0 Å². The number of nitrogens with zero attached hydrogens (tertiary/aromatic N) is 1. The molecule has 0 heterocycles. The first-order chi connectivity index (χ1) is 9.50. The quantitative estimate of drug-likeness (QED) is 0.917. The zero-order valence-corrected chi connectivity index (χ0v) is 13.0. The standard InChI is InChI=1S/C15H18BrNO3/c1-17(9-10-5-2-3-8-13(10)16)14(18)11-6-4-7-12(11)15(19)20/h2-3,5,8,11-12H,4,6-7,9H2,1H3,(H,19,20). The fourth-order valence-corrected chi connectivity index (χ4v) is 3.20. The van der Waals surface area contributed by atoms with E-state index in [1.54, 1.807) is 11.9 Å². The summed E-state index contributed by atoms with van der Waals surface area (Å²) in [4.78, 5) is 25.2. The van der Waals surface area contributed by atoms with Crippen LogP contribution in [-0.4, -0.2) is 28.9 Å². The molecule has 0 bridgehead atoms. The SMILES string of the molecule is CN(Cc1ccccc1Br)C(=O)C1CCCC1C(=O)O. The highest BCUT2D eigenvalue weighted by molar-refractivity contribution is 9.10. The van der Waals surface area contributed by atoms with Gasteiger partial charge < -0.3 is 10.0 Å². The Labute approximate surface area is 126 Å². The van der Waals surface area contributed by atoms with Crippen molar-refractivity contribution in [1.82, 2.24) is 4.90 Å². The second-order valence-electron chi connectivity index (χ2n) is 5.27. The van der Waals surface area contributed by atoms with Gasteiger partial charge in [0, 0.05) is 18.1 Å². The minimum absolute atomic E-state index is 0.0642. The highest BCUT2D eigenvalue weighted by Crippen LogP contribution is 2.33. The van der Waals surface area contributed by atoms with Crippen molar-refractivity contribution in [3.63, 3.8) is 0 Å². The molecule has 5 heteroatoms. The van der Waals surface area contributed by atoms with Crippen molar-refractivity contribution in [2.75, 3.05) is 7.05 Å². The molecule has 2 atom stereocenters. The Morgan fingerprint density at radius 2 is 1.95 bits per heavy atom. The summed E-state index contributed by atoms with van der Waals surface area (Å²) in [6.45, 7) is 0.489. The summed E-state index contributed by atoms with van der Waals surface area (Å²) in [5, 5.41) is 9.17. The largest absolute Gasteiger partial charge is 0.481 e. The van der Waals surface area contributed by atoms with Gasteiger partial charge in [-0.1, -0.05) is 40.5 Å². The first-order valence-corrected chi connectivity index (χ1v) is 7.51. The number of carbonyl (C=O) groups excluding carboxylic acids is 1. The maximum atomic E-state index is 12.4. The molecule has 1 aliphatic rings. The molecule has 1 aliphatic carbocycles. The molecule has 1 aromatic carbocycles. The molecule has 1 fully saturated rings. The van der Waals surface area contributed by atoms with Gasteiger partial charge in [0.15, 0.2) is 0 Å². The number of benzene rings is 1. The molecule has 0 saturated heterocycles. The van der Waals surface area contributed by atoms with Gasteiger partial charge in [-0.2, -0.15) is 0 Å². The number of carbonyl (C=O) groups is 2. The molecular weight excluding hydrogens is 322 g/mol. The number of carboxylic acid groups (broad SMARTS) is 1. The average molecular weight is 340 g/mol. The maximum Gasteiger partial charge on any atom is 0.307 e. The zero-order valence-electron chi connectivity index (χ0n) is 11.4. The molecule has 1 amide bonds. The number of rotatable bonds is 4. The van der Waals surface area contributed by atoms with Crippen molar-refractivity contribution in [2.24, 2.45) is 11.8 Å². The third-order valence-corrected chi connectivity index (χ3v) is 4.67. The number of hydrogen-bond donors (Lipinski definition) is 1. The molecule has 1 N–H and O–H groups in total. The van der Waals surface area contributed by atoms with Crippen LogP contribution in [0, 0.1) is 11.8 Å². The minimum atomic E-state index is -0.852. The van der Waals surface area contributed by atoms with Crippen molar-refractivity contribution < 1.29 is 14.7 Å². The van der Waals surface area contributed by atoms with Gasteiger partial charge >= 0.3 is 5.97 Å². The Balaban J connectivity index is 2.05. The van der Waals surface area contributed by atoms with Crippen molar-refractivity contribution in [3.05, 3.63) is 34.3 Å². The molecule has 0 radical (unpaired) electrons. The van der Waals surface area contributed by atoms with E-state index in [9.17, 15) is 9.59 Å². The summed E-state index contributed by atoms with van der Waals surface area (Å²) in [5.41, 5.74) is 1.02. The van der Waals surface area contributed by atoms with Crippen molar-refractivity contribution in [3.8, 4) is 0 Å². The fraction of sp³-hybridized carbons (Fsp3) is 0.467. The first kappa shape index (κ1) is 15.0. The molecule has 2 rings (SSSR count).